The Morgan fingerprint density at radius 2 is 2.00 bits per heavy atom. The van der Waals surface area contributed by atoms with Crippen LogP contribution in [0.25, 0.3) is 0 Å². The predicted octanol–water partition coefficient (Wildman–Crippen LogP) is 1.57. The Hall–Kier alpha value is -0.810. The quantitative estimate of drug-likeness (QED) is 0.665. The molecular formula is C15H31N3O2. The van der Waals surface area contributed by atoms with Crippen LogP contribution < -0.4 is 10.6 Å². The number of aliphatic hydroxyl groups is 1. The summed E-state index contributed by atoms with van der Waals surface area (Å²) in [5.41, 5.74) is 0. The number of unbranched alkanes of at least 4 members (excludes halogenated alkanes) is 1. The Balaban J connectivity index is 2.21. The zero-order chi connectivity index (χ0) is 15.0. The molecule has 0 aromatic carbocycles. The van der Waals surface area contributed by atoms with E-state index in [1.54, 1.807) is 0 Å². The van der Waals surface area contributed by atoms with Crippen LogP contribution in [0.2, 0.25) is 0 Å². The summed E-state index contributed by atoms with van der Waals surface area (Å²) in [5.74, 6) is 0.0802. The number of nitrogens with zero attached hydrogens (tertiary/aromatic N) is 1. The summed E-state index contributed by atoms with van der Waals surface area (Å²) >= 11 is 0. The largest absolute Gasteiger partial charge is 0.396 e. The smallest absolute Gasteiger partial charge is 0.315 e. The number of carbonyl (C=O) groups excluding carboxylic acids is 1. The minimum absolute atomic E-state index is 0.00959. The number of hydrogen-bond acceptors (Lipinski definition) is 3. The zero-order valence-corrected chi connectivity index (χ0v) is 13.2. The lowest BCUT2D eigenvalue weighted by molar-refractivity contribution is 0.182. The van der Waals surface area contributed by atoms with Gasteiger partial charge in [0.1, 0.15) is 0 Å². The molecular weight excluding hydrogens is 254 g/mol. The Morgan fingerprint density at radius 1 is 1.35 bits per heavy atom. The van der Waals surface area contributed by atoms with Crippen LogP contribution in [-0.2, 0) is 0 Å². The maximum atomic E-state index is 11.9. The molecule has 0 bridgehead atoms. The molecule has 20 heavy (non-hydrogen) atoms. The first-order chi connectivity index (χ1) is 9.56. The van der Waals surface area contributed by atoms with E-state index in [1.807, 2.05) is 13.8 Å². The average Bonchev–Trinajstić information content (AvgIpc) is 2.45. The predicted molar refractivity (Wildman–Crippen MR) is 81.7 cm³/mol. The van der Waals surface area contributed by atoms with E-state index < -0.39 is 0 Å². The van der Waals surface area contributed by atoms with Crippen molar-refractivity contribution in [3.63, 3.8) is 0 Å². The third-order valence-electron chi connectivity index (χ3n) is 4.25. The summed E-state index contributed by atoms with van der Waals surface area (Å²) in [5, 5.41) is 15.0. The molecule has 1 aliphatic rings. The van der Waals surface area contributed by atoms with Gasteiger partial charge in [-0.05, 0) is 38.6 Å². The second-order valence-corrected chi connectivity index (χ2v) is 6.04. The van der Waals surface area contributed by atoms with E-state index in [4.69, 9.17) is 5.11 Å². The first-order valence-corrected chi connectivity index (χ1v) is 7.97. The van der Waals surface area contributed by atoms with E-state index in [2.05, 4.69) is 22.5 Å². The topological polar surface area (TPSA) is 64.6 Å². The second-order valence-electron chi connectivity index (χ2n) is 6.04. The van der Waals surface area contributed by atoms with Gasteiger partial charge in [0.2, 0.25) is 0 Å². The van der Waals surface area contributed by atoms with E-state index in [-0.39, 0.29) is 30.6 Å². The fraction of sp³-hybridized carbons (Fsp3) is 0.933. The summed E-state index contributed by atoms with van der Waals surface area (Å²) < 4.78 is 0. The van der Waals surface area contributed by atoms with Crippen LogP contribution in [0.1, 0.15) is 46.5 Å². The lowest BCUT2D eigenvalue weighted by Gasteiger charge is -2.32. The van der Waals surface area contributed by atoms with Crippen molar-refractivity contribution in [3.8, 4) is 0 Å². The van der Waals surface area contributed by atoms with Gasteiger partial charge in [-0.15, -0.1) is 0 Å². The number of likely N-dealkylation sites (tertiary alicyclic amines) is 1. The van der Waals surface area contributed by atoms with Gasteiger partial charge in [-0.3, -0.25) is 0 Å². The molecule has 5 nitrogen and oxygen atoms in total. The molecule has 5 heteroatoms. The number of piperidine rings is 1. The second kappa shape index (κ2) is 9.19. The van der Waals surface area contributed by atoms with Crippen molar-refractivity contribution < 1.29 is 9.90 Å². The van der Waals surface area contributed by atoms with Gasteiger partial charge in [0, 0.05) is 31.8 Å². The summed E-state index contributed by atoms with van der Waals surface area (Å²) in [4.78, 5) is 14.4. The van der Waals surface area contributed by atoms with Gasteiger partial charge in [0.15, 0.2) is 0 Å². The van der Waals surface area contributed by atoms with Crippen molar-refractivity contribution in [3.05, 3.63) is 0 Å². The zero-order valence-electron chi connectivity index (χ0n) is 13.2. The monoisotopic (exact) mass is 285 g/mol. The number of hydrogen-bond donors (Lipinski definition) is 3. The van der Waals surface area contributed by atoms with Gasteiger partial charge in [-0.1, -0.05) is 20.3 Å². The van der Waals surface area contributed by atoms with Gasteiger partial charge in [-0.25, -0.2) is 4.79 Å². The fourth-order valence-corrected chi connectivity index (χ4v) is 2.42. The molecule has 0 aromatic rings. The summed E-state index contributed by atoms with van der Waals surface area (Å²) in [7, 11) is 0. The number of rotatable bonds is 7. The molecule has 1 saturated heterocycles. The molecule has 0 aromatic heterocycles. The van der Waals surface area contributed by atoms with Gasteiger partial charge in [0.25, 0.3) is 0 Å². The SMILES string of the molecule is CCCCN1CCC(NC(=O)NC(C)C(C)CO)CC1. The summed E-state index contributed by atoms with van der Waals surface area (Å²) in [6, 6.07) is 0.166. The van der Waals surface area contributed by atoms with Crippen LogP contribution in [0.3, 0.4) is 0 Å². The molecule has 118 valence electrons. The molecule has 0 radical (unpaired) electrons. The highest BCUT2D eigenvalue weighted by Crippen LogP contribution is 2.11. The van der Waals surface area contributed by atoms with Crippen LogP contribution in [-0.4, -0.2) is 54.4 Å². The van der Waals surface area contributed by atoms with Crippen molar-refractivity contribution >= 4 is 6.03 Å². The number of urea groups is 1. The maximum absolute atomic E-state index is 11.9. The van der Waals surface area contributed by atoms with Crippen LogP contribution >= 0.6 is 0 Å². The van der Waals surface area contributed by atoms with Crippen molar-refractivity contribution in [1.82, 2.24) is 15.5 Å². The van der Waals surface area contributed by atoms with Crippen molar-refractivity contribution in [1.29, 1.82) is 0 Å². The average molecular weight is 285 g/mol. The van der Waals surface area contributed by atoms with Gasteiger partial charge < -0.3 is 20.6 Å². The number of amides is 2. The lowest BCUT2D eigenvalue weighted by Crippen LogP contribution is -2.50. The summed E-state index contributed by atoms with van der Waals surface area (Å²) in [6.45, 7) is 9.50. The third kappa shape index (κ3) is 6.09. The highest BCUT2D eigenvalue weighted by atomic mass is 16.3. The van der Waals surface area contributed by atoms with E-state index >= 15 is 0 Å². The Bertz CT molecular complexity index is 278. The Morgan fingerprint density at radius 3 is 2.55 bits per heavy atom. The number of aliphatic hydroxyl groups excluding tert-OH is 1. The van der Waals surface area contributed by atoms with Crippen LogP contribution in [0, 0.1) is 5.92 Å². The number of carbonyl (C=O) groups is 1. The van der Waals surface area contributed by atoms with Crippen LogP contribution in [0.5, 0.6) is 0 Å². The Kier molecular flexibility index (Phi) is 7.92. The van der Waals surface area contributed by atoms with E-state index in [0.29, 0.717) is 0 Å². The molecule has 0 saturated carbocycles. The molecule has 2 unspecified atom stereocenters. The molecule has 1 heterocycles. The minimum Gasteiger partial charge on any atom is -0.396 e. The molecule has 3 N–H and O–H groups in total. The first-order valence-electron chi connectivity index (χ1n) is 7.97. The van der Waals surface area contributed by atoms with Crippen molar-refractivity contribution in [2.24, 2.45) is 5.92 Å². The van der Waals surface area contributed by atoms with Crippen LogP contribution in [0.15, 0.2) is 0 Å². The standard InChI is InChI=1S/C15H31N3O2/c1-4-5-8-18-9-6-14(7-10-18)17-15(20)16-13(3)12(2)11-19/h12-14,19H,4-11H2,1-3H3,(H2,16,17,20). The van der Waals surface area contributed by atoms with E-state index in [9.17, 15) is 4.79 Å². The molecule has 2 atom stereocenters. The van der Waals surface area contributed by atoms with E-state index in [1.165, 1.54) is 19.4 Å². The number of nitrogens with one attached hydrogen (secondary N) is 2. The summed E-state index contributed by atoms with van der Waals surface area (Å²) in [6.07, 6.45) is 4.55. The van der Waals surface area contributed by atoms with Gasteiger partial charge in [-0.2, -0.15) is 0 Å². The highest BCUT2D eigenvalue weighted by molar-refractivity contribution is 5.74. The first kappa shape index (κ1) is 17.2. The molecule has 0 aliphatic carbocycles. The molecule has 1 rings (SSSR count). The van der Waals surface area contributed by atoms with E-state index in [0.717, 1.165) is 25.9 Å². The minimum atomic E-state index is -0.107. The fourth-order valence-electron chi connectivity index (χ4n) is 2.42. The molecule has 1 aliphatic heterocycles. The Labute approximate surface area is 123 Å². The van der Waals surface area contributed by atoms with Crippen molar-refractivity contribution in [2.75, 3.05) is 26.2 Å². The molecule has 0 spiro atoms. The van der Waals surface area contributed by atoms with Crippen LogP contribution in [0.4, 0.5) is 4.79 Å². The molecule has 1 fully saturated rings. The van der Waals surface area contributed by atoms with Crippen molar-refractivity contribution in [2.45, 2.75) is 58.5 Å². The van der Waals surface area contributed by atoms with Gasteiger partial charge >= 0.3 is 6.03 Å². The third-order valence-corrected chi connectivity index (χ3v) is 4.25. The lowest BCUT2D eigenvalue weighted by atomic mass is 10.0. The molecule has 2 amide bonds. The maximum Gasteiger partial charge on any atom is 0.315 e. The normalized spacial score (nSPS) is 20.4. The van der Waals surface area contributed by atoms with Gasteiger partial charge in [0.05, 0.1) is 0 Å². The highest BCUT2D eigenvalue weighted by Gasteiger charge is 2.21.